The predicted octanol–water partition coefficient (Wildman–Crippen LogP) is 4.26. The van der Waals surface area contributed by atoms with Gasteiger partial charge < -0.3 is 10.1 Å². The van der Waals surface area contributed by atoms with E-state index in [4.69, 9.17) is 16.3 Å². The van der Waals surface area contributed by atoms with Gasteiger partial charge in [-0.05, 0) is 45.1 Å². The third-order valence-electron chi connectivity index (χ3n) is 4.71. The van der Waals surface area contributed by atoms with E-state index >= 15 is 0 Å². The van der Waals surface area contributed by atoms with Gasteiger partial charge in [-0.2, -0.15) is 0 Å². The summed E-state index contributed by atoms with van der Waals surface area (Å²) in [7, 11) is 0. The number of ether oxygens (including phenoxy) is 1. The van der Waals surface area contributed by atoms with Crippen molar-refractivity contribution in [3.8, 4) is 0 Å². The average molecular weight is 288 g/mol. The first kappa shape index (κ1) is 15.6. The highest BCUT2D eigenvalue weighted by molar-refractivity contribution is 6.17. The van der Waals surface area contributed by atoms with E-state index < -0.39 is 0 Å². The zero-order valence-corrected chi connectivity index (χ0v) is 13.0. The molecule has 1 atom stereocenters. The van der Waals surface area contributed by atoms with Gasteiger partial charge in [0.2, 0.25) is 0 Å². The lowest BCUT2D eigenvalue weighted by atomic mass is 9.83. The van der Waals surface area contributed by atoms with Crippen LogP contribution < -0.4 is 5.32 Å². The van der Waals surface area contributed by atoms with Gasteiger partial charge in [0, 0.05) is 12.4 Å². The number of hydrogen-bond donors (Lipinski definition) is 1. The molecule has 1 saturated heterocycles. The second-order valence-corrected chi connectivity index (χ2v) is 6.71. The Morgan fingerprint density at radius 1 is 1.00 bits per heavy atom. The fourth-order valence-electron chi connectivity index (χ4n) is 3.56. The number of halogens is 1. The summed E-state index contributed by atoms with van der Waals surface area (Å²) >= 11 is 5.67. The number of rotatable bonds is 8. The summed E-state index contributed by atoms with van der Waals surface area (Å²) < 4.78 is 6.36. The van der Waals surface area contributed by atoms with Gasteiger partial charge in [0.25, 0.3) is 0 Å². The zero-order valence-electron chi connectivity index (χ0n) is 12.3. The maximum atomic E-state index is 6.36. The van der Waals surface area contributed by atoms with Crippen LogP contribution in [0.1, 0.15) is 70.6 Å². The van der Waals surface area contributed by atoms with Gasteiger partial charge in [-0.25, -0.2) is 0 Å². The minimum Gasteiger partial charge on any atom is -0.370 e. The standard InChI is InChI=1S/C16H30ClNO/c17-12-6-1-2-7-13-18-14-15-8-11-16(19-15)9-4-3-5-10-16/h15,18H,1-14H2. The van der Waals surface area contributed by atoms with E-state index in [1.54, 1.807) is 0 Å². The molecular weight excluding hydrogens is 258 g/mol. The van der Waals surface area contributed by atoms with Crippen LogP contribution >= 0.6 is 11.6 Å². The summed E-state index contributed by atoms with van der Waals surface area (Å²) in [6, 6.07) is 0. The molecule has 0 bridgehead atoms. The molecule has 1 heterocycles. The van der Waals surface area contributed by atoms with E-state index in [1.165, 1.54) is 64.2 Å². The molecule has 1 spiro atoms. The van der Waals surface area contributed by atoms with Crippen LogP contribution in [0.15, 0.2) is 0 Å². The minimum atomic E-state index is 0.283. The molecule has 2 nitrogen and oxygen atoms in total. The van der Waals surface area contributed by atoms with Crippen molar-refractivity contribution in [2.24, 2.45) is 0 Å². The maximum absolute atomic E-state index is 6.36. The summed E-state index contributed by atoms with van der Waals surface area (Å²) in [6.45, 7) is 2.19. The normalized spacial score (nSPS) is 26.1. The highest BCUT2D eigenvalue weighted by Gasteiger charge is 2.40. The largest absolute Gasteiger partial charge is 0.370 e. The number of hydrogen-bond acceptors (Lipinski definition) is 2. The van der Waals surface area contributed by atoms with Gasteiger partial charge in [-0.3, -0.25) is 0 Å². The molecule has 0 radical (unpaired) electrons. The van der Waals surface area contributed by atoms with E-state index in [1.807, 2.05) is 0 Å². The molecule has 19 heavy (non-hydrogen) atoms. The number of nitrogens with one attached hydrogen (secondary N) is 1. The van der Waals surface area contributed by atoms with Gasteiger partial charge in [0.1, 0.15) is 0 Å². The van der Waals surface area contributed by atoms with Gasteiger partial charge in [0.15, 0.2) is 0 Å². The van der Waals surface area contributed by atoms with E-state index in [2.05, 4.69) is 5.32 Å². The van der Waals surface area contributed by atoms with Crippen LogP contribution in [-0.2, 0) is 4.74 Å². The maximum Gasteiger partial charge on any atom is 0.0708 e. The van der Waals surface area contributed by atoms with Crippen molar-refractivity contribution in [2.45, 2.75) is 82.3 Å². The number of alkyl halides is 1. The summed E-state index contributed by atoms with van der Waals surface area (Å²) in [5.74, 6) is 0.811. The fourth-order valence-corrected chi connectivity index (χ4v) is 3.75. The lowest BCUT2D eigenvalue weighted by Gasteiger charge is -2.33. The second kappa shape index (κ2) is 8.49. The average Bonchev–Trinajstić information content (AvgIpc) is 2.81. The molecule has 0 aromatic carbocycles. The minimum absolute atomic E-state index is 0.283. The SMILES string of the molecule is ClCCCCCCNCC1CCC2(CCCCC2)O1. The molecule has 1 aliphatic heterocycles. The molecule has 0 aromatic rings. The van der Waals surface area contributed by atoms with Gasteiger partial charge in [-0.15, -0.1) is 11.6 Å². The molecule has 1 aliphatic carbocycles. The van der Waals surface area contributed by atoms with Gasteiger partial charge in [0.05, 0.1) is 11.7 Å². The van der Waals surface area contributed by atoms with Crippen LogP contribution in [0, 0.1) is 0 Å². The van der Waals surface area contributed by atoms with Crippen molar-refractivity contribution in [2.75, 3.05) is 19.0 Å². The van der Waals surface area contributed by atoms with Crippen LogP contribution in [0.25, 0.3) is 0 Å². The molecule has 1 unspecified atom stereocenters. The molecule has 112 valence electrons. The lowest BCUT2D eigenvalue weighted by Crippen LogP contribution is -2.34. The Labute approximate surface area is 123 Å². The summed E-state index contributed by atoms with van der Waals surface area (Å²) in [6.07, 6.45) is 14.8. The number of unbranched alkanes of at least 4 members (excludes halogenated alkanes) is 3. The summed E-state index contributed by atoms with van der Waals surface area (Å²) in [5.41, 5.74) is 0.283. The molecular formula is C16H30ClNO. The topological polar surface area (TPSA) is 21.3 Å². The van der Waals surface area contributed by atoms with Crippen molar-refractivity contribution in [1.29, 1.82) is 0 Å². The summed E-state index contributed by atoms with van der Waals surface area (Å²) in [4.78, 5) is 0. The Morgan fingerprint density at radius 2 is 1.79 bits per heavy atom. The third-order valence-corrected chi connectivity index (χ3v) is 4.98. The second-order valence-electron chi connectivity index (χ2n) is 6.33. The monoisotopic (exact) mass is 287 g/mol. The van der Waals surface area contributed by atoms with E-state index in [0.717, 1.165) is 25.4 Å². The lowest BCUT2D eigenvalue weighted by molar-refractivity contribution is -0.0623. The highest BCUT2D eigenvalue weighted by Crippen LogP contribution is 2.41. The highest BCUT2D eigenvalue weighted by atomic mass is 35.5. The van der Waals surface area contributed by atoms with Crippen LogP contribution in [0.5, 0.6) is 0 Å². The Hall–Kier alpha value is 0.210. The summed E-state index contributed by atoms with van der Waals surface area (Å²) in [5, 5.41) is 3.57. The molecule has 0 aromatic heterocycles. The molecule has 2 aliphatic rings. The Morgan fingerprint density at radius 3 is 2.58 bits per heavy atom. The third kappa shape index (κ3) is 5.24. The molecule has 3 heteroatoms. The smallest absolute Gasteiger partial charge is 0.0708 e. The van der Waals surface area contributed by atoms with Crippen molar-refractivity contribution < 1.29 is 4.74 Å². The van der Waals surface area contributed by atoms with Gasteiger partial charge in [-0.1, -0.05) is 32.1 Å². The molecule has 1 N–H and O–H groups in total. The Bertz CT molecular complexity index is 241. The van der Waals surface area contributed by atoms with Crippen LogP contribution in [0.3, 0.4) is 0 Å². The zero-order chi connectivity index (χ0) is 13.4. The quantitative estimate of drug-likeness (QED) is 0.532. The van der Waals surface area contributed by atoms with Crippen LogP contribution in [0.2, 0.25) is 0 Å². The van der Waals surface area contributed by atoms with E-state index in [9.17, 15) is 0 Å². The van der Waals surface area contributed by atoms with E-state index in [-0.39, 0.29) is 5.60 Å². The predicted molar refractivity (Wildman–Crippen MR) is 82.0 cm³/mol. The molecule has 0 amide bonds. The van der Waals surface area contributed by atoms with Crippen molar-refractivity contribution in [3.05, 3.63) is 0 Å². The first-order chi connectivity index (χ1) is 9.35. The van der Waals surface area contributed by atoms with Crippen molar-refractivity contribution >= 4 is 11.6 Å². The fraction of sp³-hybridized carbons (Fsp3) is 1.00. The molecule has 2 fully saturated rings. The Kier molecular flexibility index (Phi) is 6.97. The van der Waals surface area contributed by atoms with Crippen LogP contribution in [0.4, 0.5) is 0 Å². The van der Waals surface area contributed by atoms with Crippen LogP contribution in [-0.4, -0.2) is 30.7 Å². The van der Waals surface area contributed by atoms with E-state index in [0.29, 0.717) is 6.10 Å². The van der Waals surface area contributed by atoms with Gasteiger partial charge >= 0.3 is 0 Å². The van der Waals surface area contributed by atoms with Crippen molar-refractivity contribution in [1.82, 2.24) is 5.32 Å². The Balaban J connectivity index is 1.51. The first-order valence-electron chi connectivity index (χ1n) is 8.29. The van der Waals surface area contributed by atoms with Crippen molar-refractivity contribution in [3.63, 3.8) is 0 Å². The molecule has 1 saturated carbocycles. The first-order valence-corrected chi connectivity index (χ1v) is 8.83. The molecule has 2 rings (SSSR count).